The first-order valence-corrected chi connectivity index (χ1v) is 9.01. The fourth-order valence-corrected chi connectivity index (χ4v) is 3.24. The molecule has 0 aliphatic heterocycles. The molecule has 128 valence electrons. The average molecular weight is 314 g/mol. The zero-order valence-corrected chi connectivity index (χ0v) is 16.2. The number of allylic oxidation sites excluding steroid dienone is 3. The first kappa shape index (κ1) is 19.5. The summed E-state index contributed by atoms with van der Waals surface area (Å²) in [5, 5.41) is 3.44. The van der Waals surface area contributed by atoms with Crippen molar-refractivity contribution in [2.45, 2.75) is 60.8 Å². The van der Waals surface area contributed by atoms with E-state index in [1.165, 1.54) is 16.8 Å². The van der Waals surface area contributed by atoms with Gasteiger partial charge in [-0.15, -0.1) is 0 Å². The molecule has 0 aromatic heterocycles. The molecule has 1 aromatic carbocycles. The Morgan fingerprint density at radius 1 is 1.04 bits per heavy atom. The van der Waals surface area contributed by atoms with Crippen molar-refractivity contribution in [3.8, 4) is 0 Å². The van der Waals surface area contributed by atoms with E-state index < -0.39 is 0 Å². The number of nitrogens with one attached hydrogen (secondary N) is 1. The molecule has 1 rings (SSSR count). The molecule has 0 saturated carbocycles. The first-order valence-electron chi connectivity index (χ1n) is 9.01. The van der Waals surface area contributed by atoms with E-state index in [0.29, 0.717) is 0 Å². The van der Waals surface area contributed by atoms with Crippen molar-refractivity contribution in [2.24, 2.45) is 10.8 Å². The van der Waals surface area contributed by atoms with Crippen molar-refractivity contribution in [3.63, 3.8) is 0 Å². The highest BCUT2D eigenvalue weighted by atomic mass is 14.8. The van der Waals surface area contributed by atoms with E-state index in [0.717, 1.165) is 19.3 Å². The van der Waals surface area contributed by atoms with Gasteiger partial charge < -0.3 is 5.32 Å². The third-order valence-electron chi connectivity index (χ3n) is 5.66. The molecule has 1 aromatic rings. The molecule has 0 aliphatic carbocycles. The van der Waals surface area contributed by atoms with E-state index in [4.69, 9.17) is 0 Å². The third-order valence-corrected chi connectivity index (χ3v) is 5.66. The Labute approximate surface area is 143 Å². The van der Waals surface area contributed by atoms with Gasteiger partial charge in [0.15, 0.2) is 0 Å². The fourth-order valence-electron chi connectivity index (χ4n) is 3.24. The van der Waals surface area contributed by atoms with Crippen LogP contribution in [-0.2, 0) is 0 Å². The maximum atomic E-state index is 3.44. The fraction of sp³-hybridized carbons (Fsp3) is 0.545. The van der Waals surface area contributed by atoms with Crippen LogP contribution in [0.5, 0.6) is 0 Å². The smallest absolute Gasteiger partial charge is 0.0379 e. The third kappa shape index (κ3) is 4.28. The van der Waals surface area contributed by atoms with Crippen LogP contribution in [0.1, 0.15) is 65.0 Å². The lowest BCUT2D eigenvalue weighted by Crippen LogP contribution is -2.34. The van der Waals surface area contributed by atoms with Crippen LogP contribution in [0.3, 0.4) is 0 Å². The van der Waals surface area contributed by atoms with E-state index in [2.05, 4.69) is 89.4 Å². The Balaban J connectivity index is 3.40. The monoisotopic (exact) mass is 313 g/mol. The first-order chi connectivity index (χ1) is 10.9. The molecule has 1 nitrogen and oxygen atoms in total. The minimum Gasteiger partial charge on any atom is -0.388 e. The van der Waals surface area contributed by atoms with Crippen LogP contribution in [0, 0.1) is 17.8 Å². The van der Waals surface area contributed by atoms with Gasteiger partial charge in [0.25, 0.3) is 0 Å². The number of hydrogen-bond donors (Lipinski definition) is 1. The Bertz CT molecular complexity index is 555. The highest BCUT2D eigenvalue weighted by molar-refractivity contribution is 5.67. The molecule has 23 heavy (non-hydrogen) atoms. The highest BCUT2D eigenvalue weighted by Crippen LogP contribution is 2.48. The van der Waals surface area contributed by atoms with Crippen LogP contribution < -0.4 is 5.32 Å². The second-order valence-corrected chi connectivity index (χ2v) is 6.98. The maximum absolute atomic E-state index is 3.44. The maximum Gasteiger partial charge on any atom is 0.0379 e. The van der Waals surface area contributed by atoms with E-state index in [1.54, 1.807) is 0 Å². The van der Waals surface area contributed by atoms with Crippen molar-refractivity contribution in [3.05, 3.63) is 53.6 Å². The number of benzene rings is 1. The van der Waals surface area contributed by atoms with Gasteiger partial charge >= 0.3 is 0 Å². The lowest BCUT2D eigenvalue weighted by atomic mass is 9.61. The van der Waals surface area contributed by atoms with Gasteiger partial charge in [-0.2, -0.15) is 0 Å². The summed E-state index contributed by atoms with van der Waals surface area (Å²) in [4.78, 5) is 0. The van der Waals surface area contributed by atoms with Crippen LogP contribution in [0.25, 0.3) is 5.70 Å². The van der Waals surface area contributed by atoms with Gasteiger partial charge in [0.05, 0.1) is 0 Å². The standard InChI is InChI=1S/C22H35N/c1-8-11-16-21(5,9-2)22(6,10-3)17-20(23-7)19-15-13-12-14-18(19)4/h11-17,23H,8-10H2,1-7H3/b16-11-,20-17-. The minimum atomic E-state index is 0.105. The van der Waals surface area contributed by atoms with Gasteiger partial charge in [-0.25, -0.2) is 0 Å². The molecule has 0 radical (unpaired) electrons. The molecule has 2 atom stereocenters. The van der Waals surface area contributed by atoms with Crippen molar-refractivity contribution in [1.29, 1.82) is 0 Å². The molecule has 2 unspecified atom stereocenters. The van der Waals surface area contributed by atoms with Gasteiger partial charge in [0, 0.05) is 18.3 Å². The lowest BCUT2D eigenvalue weighted by molar-refractivity contribution is 0.168. The van der Waals surface area contributed by atoms with Gasteiger partial charge in [-0.1, -0.05) is 77.1 Å². The van der Waals surface area contributed by atoms with Gasteiger partial charge in [0.1, 0.15) is 0 Å². The summed E-state index contributed by atoms with van der Waals surface area (Å²) < 4.78 is 0. The van der Waals surface area contributed by atoms with E-state index in [9.17, 15) is 0 Å². The number of aryl methyl sites for hydroxylation is 1. The summed E-state index contributed by atoms with van der Waals surface area (Å²) in [6, 6.07) is 8.61. The number of hydrogen-bond acceptors (Lipinski definition) is 1. The van der Waals surface area contributed by atoms with Gasteiger partial charge in [0.2, 0.25) is 0 Å². The minimum absolute atomic E-state index is 0.105. The van der Waals surface area contributed by atoms with Crippen LogP contribution in [0.15, 0.2) is 42.5 Å². The largest absolute Gasteiger partial charge is 0.388 e. The quantitative estimate of drug-likeness (QED) is 0.551. The molecule has 0 heterocycles. The number of rotatable bonds is 8. The molecular formula is C22H35N. The SMILES string of the molecule is CC/C=C\C(C)(CC)C(C)(/C=C(\NC)c1ccccc1C)CC. The topological polar surface area (TPSA) is 12.0 Å². The van der Waals surface area contributed by atoms with Crippen molar-refractivity contribution >= 4 is 5.70 Å². The zero-order chi connectivity index (χ0) is 17.5. The van der Waals surface area contributed by atoms with Gasteiger partial charge in [-0.05, 0) is 42.6 Å². The van der Waals surface area contributed by atoms with Crippen LogP contribution in [-0.4, -0.2) is 7.05 Å². The highest BCUT2D eigenvalue weighted by Gasteiger charge is 2.38. The summed E-state index contributed by atoms with van der Waals surface area (Å²) >= 11 is 0. The summed E-state index contributed by atoms with van der Waals surface area (Å²) in [7, 11) is 2.03. The zero-order valence-electron chi connectivity index (χ0n) is 16.2. The van der Waals surface area contributed by atoms with Gasteiger partial charge in [-0.3, -0.25) is 0 Å². The molecule has 0 aliphatic rings. The second kappa shape index (κ2) is 8.38. The Hall–Kier alpha value is -1.50. The van der Waals surface area contributed by atoms with Crippen LogP contribution in [0.4, 0.5) is 0 Å². The second-order valence-electron chi connectivity index (χ2n) is 6.98. The van der Waals surface area contributed by atoms with Crippen LogP contribution >= 0.6 is 0 Å². The Morgan fingerprint density at radius 3 is 2.13 bits per heavy atom. The molecule has 0 saturated heterocycles. The average Bonchev–Trinajstić information content (AvgIpc) is 2.57. The van der Waals surface area contributed by atoms with E-state index in [-0.39, 0.29) is 10.8 Å². The molecule has 0 amide bonds. The molecule has 0 bridgehead atoms. The Morgan fingerprint density at radius 2 is 1.65 bits per heavy atom. The normalized spacial score (nSPS) is 17.8. The predicted molar refractivity (Wildman–Crippen MR) is 104 cm³/mol. The summed E-state index contributed by atoms with van der Waals surface area (Å²) in [6.45, 7) is 13.8. The lowest BCUT2D eigenvalue weighted by Gasteiger charge is -2.43. The molecule has 1 N–H and O–H groups in total. The summed E-state index contributed by atoms with van der Waals surface area (Å²) in [5.41, 5.74) is 4.11. The summed E-state index contributed by atoms with van der Waals surface area (Å²) in [5.74, 6) is 0. The summed E-state index contributed by atoms with van der Waals surface area (Å²) in [6.07, 6.45) is 10.5. The molecule has 0 fully saturated rings. The predicted octanol–water partition coefficient (Wildman–Crippen LogP) is 6.35. The van der Waals surface area contributed by atoms with Crippen molar-refractivity contribution in [2.75, 3.05) is 7.05 Å². The van der Waals surface area contributed by atoms with Crippen molar-refractivity contribution < 1.29 is 0 Å². The molecule has 1 heteroatoms. The molecular weight excluding hydrogens is 278 g/mol. The van der Waals surface area contributed by atoms with E-state index in [1.807, 2.05) is 7.05 Å². The van der Waals surface area contributed by atoms with E-state index >= 15 is 0 Å². The van der Waals surface area contributed by atoms with Crippen molar-refractivity contribution in [1.82, 2.24) is 5.32 Å². The Kier molecular flexibility index (Phi) is 7.12. The molecule has 0 spiro atoms. The van der Waals surface area contributed by atoms with Crippen LogP contribution in [0.2, 0.25) is 0 Å².